The second-order valence-electron chi connectivity index (χ2n) is 6.20. The molecule has 2 heterocycles. The first-order chi connectivity index (χ1) is 12.5. The molecule has 0 aliphatic carbocycles. The van der Waals surface area contributed by atoms with E-state index < -0.39 is 17.2 Å². The van der Waals surface area contributed by atoms with Crippen molar-refractivity contribution in [1.82, 2.24) is 4.90 Å². The van der Waals surface area contributed by atoms with Gasteiger partial charge in [0.2, 0.25) is 0 Å². The Morgan fingerprint density at radius 1 is 1.19 bits per heavy atom. The summed E-state index contributed by atoms with van der Waals surface area (Å²) in [4.78, 5) is 40.3. The summed E-state index contributed by atoms with van der Waals surface area (Å²) in [6, 6.07) is 9.52. The molecule has 1 unspecified atom stereocenters. The van der Waals surface area contributed by atoms with Gasteiger partial charge in [0.15, 0.2) is 5.78 Å². The Morgan fingerprint density at radius 3 is 2.46 bits per heavy atom. The first kappa shape index (κ1) is 18.8. The highest BCUT2D eigenvalue weighted by molar-refractivity contribution is 8.27. The van der Waals surface area contributed by atoms with E-state index in [4.69, 9.17) is 4.74 Å². The van der Waals surface area contributed by atoms with Crippen LogP contribution in [-0.2, 0) is 25.7 Å². The first-order valence-electron chi connectivity index (χ1n) is 8.25. The number of carbonyl (C=O) groups is 3. The number of hydrogen-bond acceptors (Lipinski definition) is 6. The van der Waals surface area contributed by atoms with E-state index in [1.54, 1.807) is 18.7 Å². The number of thioether (sulfide) groups is 2. The molecular formula is C19H19NO4S2. The Hall–Kier alpha value is -1.99. The lowest BCUT2D eigenvalue weighted by Gasteiger charge is -2.38. The van der Waals surface area contributed by atoms with Crippen LogP contribution in [0.15, 0.2) is 51.0 Å². The molecule has 1 amide bonds. The molecule has 26 heavy (non-hydrogen) atoms. The number of carbonyl (C=O) groups excluding carboxylic acids is 3. The van der Waals surface area contributed by atoms with Gasteiger partial charge in [0.25, 0.3) is 5.91 Å². The quantitative estimate of drug-likeness (QED) is 0.341. The molecule has 7 heteroatoms. The van der Waals surface area contributed by atoms with Gasteiger partial charge in [-0.1, -0.05) is 53.9 Å². The van der Waals surface area contributed by atoms with Crippen LogP contribution < -0.4 is 0 Å². The molecule has 0 radical (unpaired) electrons. The maximum absolute atomic E-state index is 13.1. The van der Waals surface area contributed by atoms with Crippen LogP contribution in [0.4, 0.5) is 0 Å². The molecule has 3 rings (SSSR count). The molecule has 5 nitrogen and oxygen atoms in total. The van der Waals surface area contributed by atoms with Gasteiger partial charge < -0.3 is 9.64 Å². The summed E-state index contributed by atoms with van der Waals surface area (Å²) in [6.45, 7) is 3.80. The van der Waals surface area contributed by atoms with Crippen LogP contribution in [0.1, 0.15) is 19.4 Å². The SMILES string of the molecule is CCOC(=O)C1(C)CN(Cc2ccccc2)C(=O)C(=C2SC=CS2)C1=O. The molecule has 0 spiro atoms. The van der Waals surface area contributed by atoms with Gasteiger partial charge >= 0.3 is 5.97 Å². The van der Waals surface area contributed by atoms with Crippen molar-refractivity contribution >= 4 is 41.2 Å². The van der Waals surface area contributed by atoms with Crippen molar-refractivity contribution in [2.75, 3.05) is 13.2 Å². The van der Waals surface area contributed by atoms with E-state index in [2.05, 4.69) is 0 Å². The van der Waals surface area contributed by atoms with Crippen LogP contribution in [0.5, 0.6) is 0 Å². The Bertz CT molecular complexity index is 793. The maximum Gasteiger partial charge on any atom is 0.321 e. The van der Waals surface area contributed by atoms with E-state index in [0.29, 0.717) is 10.8 Å². The van der Waals surface area contributed by atoms with Crippen LogP contribution >= 0.6 is 23.5 Å². The third-order valence-electron chi connectivity index (χ3n) is 4.29. The summed E-state index contributed by atoms with van der Waals surface area (Å²) in [5, 5.41) is 3.65. The smallest absolute Gasteiger partial charge is 0.321 e. The van der Waals surface area contributed by atoms with Gasteiger partial charge in [0.1, 0.15) is 11.0 Å². The second kappa shape index (κ2) is 7.72. The summed E-state index contributed by atoms with van der Waals surface area (Å²) in [6.07, 6.45) is 0. The number of piperidine rings is 1. The standard InChI is InChI=1S/C19H19NO4S2/c1-3-24-18(23)19(2)12-20(11-13-7-5-4-6-8-13)16(22)14(15(19)21)17-25-9-10-26-17/h4-10H,3,11-12H2,1-2H3. The fraction of sp³-hybridized carbons (Fsp3) is 0.316. The molecule has 2 aliphatic rings. The number of benzene rings is 1. The zero-order valence-corrected chi connectivity index (χ0v) is 16.2. The Balaban J connectivity index is 2.00. The average Bonchev–Trinajstić information content (AvgIpc) is 3.15. The third kappa shape index (κ3) is 3.46. The summed E-state index contributed by atoms with van der Waals surface area (Å²) in [5.74, 6) is -1.38. The molecule has 0 aromatic heterocycles. The van der Waals surface area contributed by atoms with Crippen molar-refractivity contribution in [2.45, 2.75) is 20.4 Å². The van der Waals surface area contributed by atoms with E-state index in [-0.39, 0.29) is 24.6 Å². The molecule has 1 atom stereocenters. The minimum atomic E-state index is -1.40. The number of rotatable bonds is 4. The summed E-state index contributed by atoms with van der Waals surface area (Å²) < 4.78 is 5.77. The van der Waals surface area contributed by atoms with Gasteiger partial charge in [-0.2, -0.15) is 0 Å². The molecule has 136 valence electrons. The number of esters is 1. The van der Waals surface area contributed by atoms with E-state index in [1.807, 2.05) is 41.1 Å². The number of amides is 1. The third-order valence-corrected chi connectivity index (χ3v) is 6.42. The van der Waals surface area contributed by atoms with E-state index in [0.717, 1.165) is 5.56 Å². The number of likely N-dealkylation sites (tertiary alicyclic amines) is 1. The predicted molar refractivity (Wildman–Crippen MR) is 103 cm³/mol. The Morgan fingerprint density at radius 2 is 1.85 bits per heavy atom. The molecule has 0 bridgehead atoms. The highest BCUT2D eigenvalue weighted by Crippen LogP contribution is 2.44. The molecule has 1 aromatic carbocycles. The van der Waals surface area contributed by atoms with Crippen molar-refractivity contribution in [1.29, 1.82) is 0 Å². The fourth-order valence-electron chi connectivity index (χ4n) is 2.94. The van der Waals surface area contributed by atoms with E-state index >= 15 is 0 Å². The topological polar surface area (TPSA) is 63.7 Å². The molecule has 1 saturated heterocycles. The van der Waals surface area contributed by atoms with Crippen molar-refractivity contribution < 1.29 is 19.1 Å². The van der Waals surface area contributed by atoms with Gasteiger partial charge in [0.05, 0.1) is 10.8 Å². The molecule has 1 fully saturated rings. The predicted octanol–water partition coefficient (Wildman–Crippen LogP) is 3.33. The summed E-state index contributed by atoms with van der Waals surface area (Å²) >= 11 is 2.66. The summed E-state index contributed by atoms with van der Waals surface area (Å²) in [7, 11) is 0. The fourth-order valence-corrected chi connectivity index (χ4v) is 4.78. The normalized spacial score (nSPS) is 22.9. The number of hydrogen-bond donors (Lipinski definition) is 0. The van der Waals surface area contributed by atoms with Crippen LogP contribution in [0.25, 0.3) is 0 Å². The molecule has 0 N–H and O–H groups in total. The van der Waals surface area contributed by atoms with Crippen molar-refractivity contribution in [3.8, 4) is 0 Å². The van der Waals surface area contributed by atoms with Crippen molar-refractivity contribution in [3.63, 3.8) is 0 Å². The lowest BCUT2D eigenvalue weighted by Crippen LogP contribution is -2.56. The van der Waals surface area contributed by atoms with Gasteiger partial charge in [-0.3, -0.25) is 14.4 Å². The van der Waals surface area contributed by atoms with Crippen molar-refractivity contribution in [3.05, 3.63) is 56.5 Å². The van der Waals surface area contributed by atoms with Gasteiger partial charge in [-0.05, 0) is 30.2 Å². The molecular weight excluding hydrogens is 370 g/mol. The average molecular weight is 389 g/mol. The lowest BCUT2D eigenvalue weighted by atomic mass is 9.78. The number of nitrogens with zero attached hydrogens (tertiary/aromatic N) is 1. The molecule has 0 saturated carbocycles. The zero-order valence-electron chi connectivity index (χ0n) is 14.6. The minimum Gasteiger partial charge on any atom is -0.465 e. The number of ether oxygens (including phenoxy) is 1. The number of Topliss-reactive ketones (excluding diaryl/α,β-unsaturated/α-hetero) is 1. The maximum atomic E-state index is 13.1. The van der Waals surface area contributed by atoms with Crippen LogP contribution in [0.3, 0.4) is 0 Å². The molecule has 1 aromatic rings. The van der Waals surface area contributed by atoms with Crippen LogP contribution in [0.2, 0.25) is 0 Å². The highest BCUT2D eigenvalue weighted by Gasteiger charge is 2.53. The van der Waals surface area contributed by atoms with Gasteiger partial charge in [-0.25, -0.2) is 0 Å². The minimum absolute atomic E-state index is 0.0118. The monoisotopic (exact) mass is 389 g/mol. The Labute approximate surface area is 160 Å². The van der Waals surface area contributed by atoms with Crippen LogP contribution in [-0.4, -0.2) is 35.7 Å². The molecule has 2 aliphatic heterocycles. The Kier molecular flexibility index (Phi) is 5.58. The van der Waals surface area contributed by atoms with Gasteiger partial charge in [-0.15, -0.1) is 0 Å². The van der Waals surface area contributed by atoms with Crippen molar-refractivity contribution in [2.24, 2.45) is 5.41 Å². The van der Waals surface area contributed by atoms with E-state index in [1.165, 1.54) is 23.5 Å². The van der Waals surface area contributed by atoms with Gasteiger partial charge in [0, 0.05) is 13.1 Å². The first-order valence-corrected chi connectivity index (χ1v) is 10.0. The highest BCUT2D eigenvalue weighted by atomic mass is 32.2. The lowest BCUT2D eigenvalue weighted by molar-refractivity contribution is -0.162. The zero-order chi connectivity index (χ0) is 18.7. The number of ketones is 1. The van der Waals surface area contributed by atoms with E-state index in [9.17, 15) is 14.4 Å². The summed E-state index contributed by atoms with van der Waals surface area (Å²) in [5.41, 5.74) is -0.372. The second-order valence-corrected chi connectivity index (χ2v) is 8.29. The largest absolute Gasteiger partial charge is 0.465 e. The van der Waals surface area contributed by atoms with Crippen LogP contribution in [0, 0.1) is 5.41 Å².